The minimum absolute atomic E-state index is 0.216. The van der Waals surface area contributed by atoms with Crippen LogP contribution in [0.2, 0.25) is 0 Å². The molecule has 8 nitrogen and oxygen atoms in total. The van der Waals surface area contributed by atoms with Gasteiger partial charge < -0.3 is 19.9 Å². The molecule has 0 saturated carbocycles. The van der Waals surface area contributed by atoms with Crippen molar-refractivity contribution in [2.45, 2.75) is 0 Å². The number of nitrogens with one attached hydrogen (secondary N) is 2. The summed E-state index contributed by atoms with van der Waals surface area (Å²) in [7, 11) is 0. The lowest BCUT2D eigenvalue weighted by molar-refractivity contribution is -0.146. The number of amides is 2. The van der Waals surface area contributed by atoms with Crippen molar-refractivity contribution in [1.29, 1.82) is 0 Å². The van der Waals surface area contributed by atoms with Crippen LogP contribution in [0.5, 0.6) is 0 Å². The Balaban J connectivity index is 1.43. The van der Waals surface area contributed by atoms with Crippen LogP contribution in [-0.4, -0.2) is 36.1 Å². The van der Waals surface area contributed by atoms with Crippen molar-refractivity contribution >= 4 is 23.6 Å². The summed E-state index contributed by atoms with van der Waals surface area (Å²) in [5.74, 6) is -1.49. The van der Waals surface area contributed by atoms with Crippen molar-refractivity contribution in [2.75, 3.05) is 18.5 Å². The van der Waals surface area contributed by atoms with E-state index in [4.69, 9.17) is 4.74 Å². The van der Waals surface area contributed by atoms with Gasteiger partial charge in [0.1, 0.15) is 12.8 Å². The minimum Gasteiger partial charge on any atom is -0.454 e. The number of anilines is 1. The number of esters is 1. The maximum absolute atomic E-state index is 12.1. The molecule has 0 saturated heterocycles. The van der Waals surface area contributed by atoms with Crippen molar-refractivity contribution < 1.29 is 23.6 Å². The van der Waals surface area contributed by atoms with Gasteiger partial charge >= 0.3 is 5.97 Å². The molecule has 0 aliphatic heterocycles. The first kappa shape index (κ1) is 18.8. The number of hydrogen-bond donors (Lipinski definition) is 2. The first-order valence-electron chi connectivity index (χ1n) is 8.41. The third kappa shape index (κ3) is 5.28. The molecule has 0 spiro atoms. The highest BCUT2D eigenvalue weighted by Crippen LogP contribution is 2.19. The lowest BCUT2D eigenvalue weighted by Gasteiger charge is -2.07. The summed E-state index contributed by atoms with van der Waals surface area (Å²) in [6, 6.07) is 18.2. The van der Waals surface area contributed by atoms with E-state index < -0.39 is 24.4 Å². The van der Waals surface area contributed by atoms with Crippen molar-refractivity contribution in [2.24, 2.45) is 0 Å². The standard InChI is InChI=1S/C20H17N3O5/c24-18(22-17-10-11-28-23-17)13-27-19(25)12-21-20(26)16-8-6-15(7-9-16)14-4-2-1-3-5-14/h1-11H,12-13H2,(H,21,26)(H,22,23,24). The van der Waals surface area contributed by atoms with Crippen molar-refractivity contribution in [3.8, 4) is 11.1 Å². The molecule has 3 aromatic rings. The molecule has 0 aliphatic rings. The molecule has 0 fully saturated rings. The molecule has 3 rings (SSSR count). The average molecular weight is 379 g/mol. The Labute approximate surface area is 160 Å². The molecule has 0 bridgehead atoms. The molecule has 28 heavy (non-hydrogen) atoms. The van der Waals surface area contributed by atoms with Crippen LogP contribution in [-0.2, 0) is 14.3 Å². The fraction of sp³-hybridized carbons (Fsp3) is 0.100. The molecular formula is C20H17N3O5. The predicted molar refractivity (Wildman–Crippen MR) is 100 cm³/mol. The zero-order chi connectivity index (χ0) is 19.8. The van der Waals surface area contributed by atoms with E-state index in [1.165, 1.54) is 12.3 Å². The summed E-state index contributed by atoms with van der Waals surface area (Å²) in [6.07, 6.45) is 1.30. The number of carbonyl (C=O) groups is 3. The van der Waals surface area contributed by atoms with E-state index in [9.17, 15) is 14.4 Å². The Morgan fingerprint density at radius 1 is 0.929 bits per heavy atom. The van der Waals surface area contributed by atoms with Gasteiger partial charge in [0.15, 0.2) is 12.4 Å². The van der Waals surface area contributed by atoms with Gasteiger partial charge in [-0.1, -0.05) is 47.6 Å². The molecule has 0 unspecified atom stereocenters. The normalized spacial score (nSPS) is 10.1. The SMILES string of the molecule is O=C(COC(=O)CNC(=O)c1ccc(-c2ccccc2)cc1)Nc1ccon1. The predicted octanol–water partition coefficient (Wildman–Crippen LogP) is 2.25. The largest absolute Gasteiger partial charge is 0.454 e. The second-order valence-corrected chi connectivity index (χ2v) is 5.72. The Kier molecular flexibility index (Phi) is 6.14. The van der Waals surface area contributed by atoms with E-state index in [1.54, 1.807) is 12.1 Å². The molecule has 0 atom stereocenters. The van der Waals surface area contributed by atoms with Crippen LogP contribution in [0.3, 0.4) is 0 Å². The van der Waals surface area contributed by atoms with Gasteiger partial charge in [-0.05, 0) is 23.3 Å². The van der Waals surface area contributed by atoms with Gasteiger partial charge in [0.25, 0.3) is 11.8 Å². The van der Waals surface area contributed by atoms with Crippen molar-refractivity contribution in [3.05, 3.63) is 72.5 Å². The van der Waals surface area contributed by atoms with E-state index in [-0.39, 0.29) is 12.4 Å². The van der Waals surface area contributed by atoms with Gasteiger partial charge in [0, 0.05) is 11.6 Å². The topological polar surface area (TPSA) is 111 Å². The van der Waals surface area contributed by atoms with Gasteiger partial charge in [-0.15, -0.1) is 0 Å². The minimum atomic E-state index is -0.732. The lowest BCUT2D eigenvalue weighted by atomic mass is 10.0. The van der Waals surface area contributed by atoms with Crippen LogP contribution in [0.25, 0.3) is 11.1 Å². The fourth-order valence-electron chi connectivity index (χ4n) is 2.35. The lowest BCUT2D eigenvalue weighted by Crippen LogP contribution is -2.32. The van der Waals surface area contributed by atoms with Gasteiger partial charge in [0.2, 0.25) is 0 Å². The Morgan fingerprint density at radius 2 is 1.64 bits per heavy atom. The highest BCUT2D eigenvalue weighted by molar-refractivity contribution is 5.96. The van der Waals surface area contributed by atoms with Gasteiger partial charge in [-0.3, -0.25) is 14.4 Å². The number of aromatic nitrogens is 1. The van der Waals surface area contributed by atoms with Crippen LogP contribution >= 0.6 is 0 Å². The monoisotopic (exact) mass is 379 g/mol. The molecule has 0 aliphatic carbocycles. The molecule has 8 heteroatoms. The Bertz CT molecular complexity index is 938. The fourth-order valence-corrected chi connectivity index (χ4v) is 2.35. The third-order valence-corrected chi connectivity index (χ3v) is 3.72. The Hall–Kier alpha value is -3.94. The second-order valence-electron chi connectivity index (χ2n) is 5.72. The van der Waals surface area contributed by atoms with E-state index >= 15 is 0 Å². The zero-order valence-electron chi connectivity index (χ0n) is 14.8. The van der Waals surface area contributed by atoms with Gasteiger partial charge in [-0.2, -0.15) is 0 Å². The molecule has 0 radical (unpaired) electrons. The van der Waals surface area contributed by atoms with Crippen molar-refractivity contribution in [1.82, 2.24) is 10.5 Å². The molecule has 2 N–H and O–H groups in total. The number of hydrogen-bond acceptors (Lipinski definition) is 6. The number of benzene rings is 2. The van der Waals surface area contributed by atoms with Crippen LogP contribution < -0.4 is 10.6 Å². The van der Waals surface area contributed by atoms with E-state index in [1.807, 2.05) is 42.5 Å². The average Bonchev–Trinajstić information content (AvgIpc) is 3.24. The summed E-state index contributed by atoms with van der Waals surface area (Å²) < 4.78 is 9.35. The summed E-state index contributed by atoms with van der Waals surface area (Å²) >= 11 is 0. The third-order valence-electron chi connectivity index (χ3n) is 3.72. The summed E-state index contributed by atoms with van der Waals surface area (Å²) in [5, 5.41) is 8.33. The number of rotatable bonds is 7. The van der Waals surface area contributed by atoms with E-state index in [0.717, 1.165) is 11.1 Å². The van der Waals surface area contributed by atoms with Gasteiger partial charge in [-0.25, -0.2) is 0 Å². The molecule has 2 amide bonds. The molecule has 1 heterocycles. The summed E-state index contributed by atoms with van der Waals surface area (Å²) in [5.41, 5.74) is 2.44. The maximum Gasteiger partial charge on any atom is 0.325 e. The van der Waals surface area contributed by atoms with E-state index in [2.05, 4.69) is 20.3 Å². The molecular weight excluding hydrogens is 362 g/mol. The highest BCUT2D eigenvalue weighted by atomic mass is 16.5. The summed E-state index contributed by atoms with van der Waals surface area (Å²) in [6.45, 7) is -0.843. The molecule has 1 aromatic heterocycles. The van der Waals surface area contributed by atoms with Crippen LogP contribution in [0.15, 0.2) is 71.4 Å². The van der Waals surface area contributed by atoms with Crippen LogP contribution in [0.4, 0.5) is 5.82 Å². The number of nitrogens with zero attached hydrogens (tertiary/aromatic N) is 1. The maximum atomic E-state index is 12.1. The van der Waals surface area contributed by atoms with Crippen LogP contribution in [0, 0.1) is 0 Å². The van der Waals surface area contributed by atoms with E-state index in [0.29, 0.717) is 5.56 Å². The molecule has 142 valence electrons. The molecule has 2 aromatic carbocycles. The first-order chi connectivity index (χ1) is 13.6. The van der Waals surface area contributed by atoms with Crippen molar-refractivity contribution in [3.63, 3.8) is 0 Å². The van der Waals surface area contributed by atoms with Crippen LogP contribution in [0.1, 0.15) is 10.4 Å². The zero-order valence-corrected chi connectivity index (χ0v) is 14.8. The Morgan fingerprint density at radius 3 is 2.32 bits per heavy atom. The first-order valence-corrected chi connectivity index (χ1v) is 8.41. The quantitative estimate of drug-likeness (QED) is 0.609. The highest BCUT2D eigenvalue weighted by Gasteiger charge is 2.12. The number of carbonyl (C=O) groups excluding carboxylic acids is 3. The smallest absolute Gasteiger partial charge is 0.325 e. The van der Waals surface area contributed by atoms with Gasteiger partial charge in [0.05, 0.1) is 0 Å². The second kappa shape index (κ2) is 9.13. The summed E-state index contributed by atoms with van der Waals surface area (Å²) in [4.78, 5) is 35.4. The number of ether oxygens (including phenoxy) is 1.